The average Bonchev–Trinajstić information content (AvgIpc) is 2.27. The van der Waals surface area contributed by atoms with Crippen molar-refractivity contribution >= 4 is 0 Å². The van der Waals surface area contributed by atoms with Gasteiger partial charge in [0.15, 0.2) is 0 Å². The van der Waals surface area contributed by atoms with E-state index in [2.05, 4.69) is 0 Å². The zero-order valence-electron chi connectivity index (χ0n) is 9.52. The lowest BCUT2D eigenvalue weighted by atomic mass is 10.1. The maximum atomic E-state index is 9.45. The quantitative estimate of drug-likeness (QED) is 0.779. The zero-order chi connectivity index (χ0) is 11.1. The molecule has 1 rings (SSSR count). The van der Waals surface area contributed by atoms with Crippen molar-refractivity contribution in [3.63, 3.8) is 0 Å². The van der Waals surface area contributed by atoms with Crippen molar-refractivity contribution in [3.05, 3.63) is 35.9 Å². The van der Waals surface area contributed by atoms with Gasteiger partial charge in [-0.05, 0) is 25.3 Å². The highest BCUT2D eigenvalue weighted by Crippen LogP contribution is 2.08. The molecule has 0 saturated carbocycles. The van der Waals surface area contributed by atoms with Gasteiger partial charge in [-0.3, -0.25) is 0 Å². The van der Waals surface area contributed by atoms with E-state index in [4.69, 9.17) is 4.74 Å². The Hall–Kier alpha value is -0.860. The topological polar surface area (TPSA) is 29.5 Å². The fraction of sp³-hybridized carbons (Fsp3) is 0.538. The van der Waals surface area contributed by atoms with Crippen molar-refractivity contribution < 1.29 is 9.84 Å². The van der Waals surface area contributed by atoms with E-state index in [1.54, 1.807) is 0 Å². The van der Waals surface area contributed by atoms with Crippen LogP contribution >= 0.6 is 0 Å². The van der Waals surface area contributed by atoms with E-state index in [0.717, 1.165) is 6.42 Å². The Morgan fingerprint density at radius 1 is 1.27 bits per heavy atom. The van der Waals surface area contributed by atoms with E-state index in [0.29, 0.717) is 13.0 Å². The van der Waals surface area contributed by atoms with Crippen LogP contribution in [0.15, 0.2) is 30.3 Å². The summed E-state index contributed by atoms with van der Waals surface area (Å²) in [4.78, 5) is 0. The molecule has 0 heterocycles. The Morgan fingerprint density at radius 2 is 1.93 bits per heavy atom. The molecule has 0 bridgehead atoms. The SMILES string of the molecule is CCC(O)C[C@@H](C)OCc1ccccc1. The van der Waals surface area contributed by atoms with Crippen LogP contribution in [0.5, 0.6) is 0 Å². The van der Waals surface area contributed by atoms with Gasteiger partial charge in [-0.1, -0.05) is 37.3 Å². The lowest BCUT2D eigenvalue weighted by molar-refractivity contribution is 0.0140. The van der Waals surface area contributed by atoms with Crippen LogP contribution in [-0.2, 0) is 11.3 Å². The minimum atomic E-state index is -0.240. The monoisotopic (exact) mass is 208 g/mol. The molecular weight excluding hydrogens is 188 g/mol. The van der Waals surface area contributed by atoms with Crippen molar-refractivity contribution in [3.8, 4) is 0 Å². The van der Waals surface area contributed by atoms with Gasteiger partial charge in [-0.15, -0.1) is 0 Å². The lowest BCUT2D eigenvalue weighted by Crippen LogP contribution is -2.17. The summed E-state index contributed by atoms with van der Waals surface area (Å²) in [5.41, 5.74) is 1.18. The Kier molecular flexibility index (Phi) is 5.37. The van der Waals surface area contributed by atoms with Crippen molar-refractivity contribution in [2.45, 2.75) is 45.5 Å². The summed E-state index contributed by atoms with van der Waals surface area (Å²) in [6.07, 6.45) is 1.37. The minimum Gasteiger partial charge on any atom is -0.393 e. The van der Waals surface area contributed by atoms with Gasteiger partial charge in [0, 0.05) is 0 Å². The highest BCUT2D eigenvalue weighted by Gasteiger charge is 2.08. The molecule has 0 amide bonds. The van der Waals surface area contributed by atoms with Gasteiger partial charge < -0.3 is 9.84 Å². The molecule has 15 heavy (non-hydrogen) atoms. The Balaban J connectivity index is 2.25. The van der Waals surface area contributed by atoms with Gasteiger partial charge in [0.25, 0.3) is 0 Å². The summed E-state index contributed by atoms with van der Waals surface area (Å²) < 4.78 is 5.64. The zero-order valence-corrected chi connectivity index (χ0v) is 9.52. The van der Waals surface area contributed by atoms with E-state index in [-0.39, 0.29) is 12.2 Å². The van der Waals surface area contributed by atoms with Gasteiger partial charge in [0.05, 0.1) is 18.8 Å². The first-order valence-electron chi connectivity index (χ1n) is 5.56. The average molecular weight is 208 g/mol. The van der Waals surface area contributed by atoms with Crippen LogP contribution in [-0.4, -0.2) is 17.3 Å². The van der Waals surface area contributed by atoms with E-state index in [1.807, 2.05) is 44.2 Å². The summed E-state index contributed by atoms with van der Waals surface area (Å²) in [7, 11) is 0. The number of hydrogen-bond acceptors (Lipinski definition) is 2. The maximum absolute atomic E-state index is 9.45. The van der Waals surface area contributed by atoms with Crippen LogP contribution in [0.4, 0.5) is 0 Å². The third-order valence-corrected chi connectivity index (χ3v) is 2.45. The third-order valence-electron chi connectivity index (χ3n) is 2.45. The summed E-state index contributed by atoms with van der Waals surface area (Å²) in [6.45, 7) is 4.61. The predicted octanol–water partition coefficient (Wildman–Crippen LogP) is 2.75. The third kappa shape index (κ3) is 4.96. The molecule has 0 aliphatic carbocycles. The van der Waals surface area contributed by atoms with Crippen molar-refractivity contribution in [1.82, 2.24) is 0 Å². The summed E-state index contributed by atoms with van der Waals surface area (Å²) >= 11 is 0. The molecule has 0 aliphatic heterocycles. The molecule has 2 nitrogen and oxygen atoms in total. The van der Waals surface area contributed by atoms with E-state index < -0.39 is 0 Å². The molecule has 0 radical (unpaired) electrons. The Bertz CT molecular complexity index is 258. The first-order valence-corrected chi connectivity index (χ1v) is 5.56. The number of hydrogen-bond donors (Lipinski definition) is 1. The maximum Gasteiger partial charge on any atom is 0.0720 e. The molecule has 0 aromatic heterocycles. The fourth-order valence-corrected chi connectivity index (χ4v) is 1.43. The van der Waals surface area contributed by atoms with Gasteiger partial charge in [-0.25, -0.2) is 0 Å². The summed E-state index contributed by atoms with van der Waals surface area (Å²) in [5, 5.41) is 9.45. The molecule has 0 spiro atoms. The molecule has 0 saturated heterocycles. The largest absolute Gasteiger partial charge is 0.393 e. The van der Waals surface area contributed by atoms with Crippen LogP contribution in [0, 0.1) is 0 Å². The summed E-state index contributed by atoms with van der Waals surface area (Å²) in [5.74, 6) is 0. The molecule has 1 aromatic carbocycles. The molecule has 2 heteroatoms. The van der Waals surface area contributed by atoms with Crippen LogP contribution in [0.25, 0.3) is 0 Å². The summed E-state index contributed by atoms with van der Waals surface area (Å²) in [6, 6.07) is 10.1. The molecule has 1 N–H and O–H groups in total. The van der Waals surface area contributed by atoms with Crippen LogP contribution < -0.4 is 0 Å². The van der Waals surface area contributed by atoms with Crippen LogP contribution in [0.3, 0.4) is 0 Å². The number of rotatable bonds is 6. The van der Waals surface area contributed by atoms with E-state index in [1.165, 1.54) is 5.56 Å². The van der Waals surface area contributed by atoms with Crippen LogP contribution in [0.1, 0.15) is 32.3 Å². The van der Waals surface area contributed by atoms with Crippen LogP contribution in [0.2, 0.25) is 0 Å². The fourth-order valence-electron chi connectivity index (χ4n) is 1.43. The van der Waals surface area contributed by atoms with Gasteiger partial charge in [-0.2, -0.15) is 0 Å². The standard InChI is InChI=1S/C13H20O2/c1-3-13(14)9-11(2)15-10-12-7-5-4-6-8-12/h4-8,11,13-14H,3,9-10H2,1-2H3/t11-,13?/m1/s1. The number of ether oxygens (including phenoxy) is 1. The second-order valence-corrected chi connectivity index (χ2v) is 3.90. The second kappa shape index (κ2) is 6.59. The highest BCUT2D eigenvalue weighted by molar-refractivity contribution is 5.13. The molecule has 0 fully saturated rings. The number of benzene rings is 1. The van der Waals surface area contributed by atoms with E-state index >= 15 is 0 Å². The first kappa shape index (κ1) is 12.2. The molecule has 0 aliphatic rings. The smallest absolute Gasteiger partial charge is 0.0720 e. The van der Waals surface area contributed by atoms with Gasteiger partial charge in [0.2, 0.25) is 0 Å². The van der Waals surface area contributed by atoms with Crippen molar-refractivity contribution in [1.29, 1.82) is 0 Å². The highest BCUT2D eigenvalue weighted by atomic mass is 16.5. The molecule has 1 aromatic rings. The predicted molar refractivity (Wildman–Crippen MR) is 61.6 cm³/mol. The minimum absolute atomic E-state index is 0.111. The first-order chi connectivity index (χ1) is 7.22. The number of aliphatic hydroxyl groups is 1. The molecule has 84 valence electrons. The molecule has 2 atom stereocenters. The Labute approximate surface area is 91.9 Å². The van der Waals surface area contributed by atoms with Crippen molar-refractivity contribution in [2.24, 2.45) is 0 Å². The molecule has 1 unspecified atom stereocenters. The van der Waals surface area contributed by atoms with Gasteiger partial charge in [0.1, 0.15) is 0 Å². The Morgan fingerprint density at radius 3 is 2.53 bits per heavy atom. The second-order valence-electron chi connectivity index (χ2n) is 3.90. The number of aliphatic hydroxyl groups excluding tert-OH is 1. The normalized spacial score (nSPS) is 14.9. The van der Waals surface area contributed by atoms with Gasteiger partial charge >= 0.3 is 0 Å². The van der Waals surface area contributed by atoms with Crippen molar-refractivity contribution in [2.75, 3.05) is 0 Å². The lowest BCUT2D eigenvalue weighted by Gasteiger charge is -2.16. The molecular formula is C13H20O2. The van der Waals surface area contributed by atoms with E-state index in [9.17, 15) is 5.11 Å².